The van der Waals surface area contributed by atoms with Gasteiger partial charge in [0.2, 0.25) is 0 Å². The fourth-order valence-corrected chi connectivity index (χ4v) is 10.9. The van der Waals surface area contributed by atoms with Gasteiger partial charge in [0.05, 0.1) is 0 Å². The van der Waals surface area contributed by atoms with Gasteiger partial charge in [-0.3, -0.25) is 0 Å². The van der Waals surface area contributed by atoms with Gasteiger partial charge in [0.25, 0.3) is 0 Å². The molecule has 10 nitrogen and oxygen atoms in total. The summed E-state index contributed by atoms with van der Waals surface area (Å²) in [7, 11) is 0. The van der Waals surface area contributed by atoms with Gasteiger partial charge >= 0.3 is 281 Å². The molecule has 4 aromatic rings. The first kappa shape index (κ1) is 30.5. The number of ether oxygens (including phenoxy) is 4. The van der Waals surface area contributed by atoms with Crippen molar-refractivity contribution in [2.75, 3.05) is 24.2 Å². The summed E-state index contributed by atoms with van der Waals surface area (Å²) >= 11 is 6.33. The molecule has 222 valence electrons. The molecule has 44 heavy (non-hydrogen) atoms. The van der Waals surface area contributed by atoms with E-state index in [9.17, 15) is 9.59 Å². The molecule has 0 aliphatic carbocycles. The number of anilines is 2. The van der Waals surface area contributed by atoms with Crippen LogP contribution in [0.5, 0.6) is 23.0 Å². The van der Waals surface area contributed by atoms with Crippen molar-refractivity contribution >= 4 is 98.9 Å². The van der Waals surface area contributed by atoms with E-state index in [1.54, 1.807) is 36.4 Å². The van der Waals surface area contributed by atoms with Crippen LogP contribution in [0.15, 0.2) is 84.9 Å². The number of fused-ring (bicyclic) bond motifs is 2. The number of hydrogen-bond donors (Lipinski definition) is 4. The Balaban J connectivity index is 0.936. The van der Waals surface area contributed by atoms with E-state index in [0.29, 0.717) is 69.7 Å². The van der Waals surface area contributed by atoms with Crippen molar-refractivity contribution in [1.82, 2.24) is 10.6 Å². The standard InChI is InChI=1S/C30H22N4O6Se4/c35-27(17-1-11-23-25(13-17)39-15-37-23)33-29(41)31-19-3-7-21(8-4-19)43-44-22-9-5-20(6-10-22)32-30(42)34-28(36)18-2-12-24-26(14-18)40-16-38-24/h1-14H,15-16H2,(H2,31,33,35,41)(H2,32,34,36,42). The molecule has 0 bridgehead atoms. The molecule has 2 aliphatic heterocycles. The molecule has 0 atom stereocenters. The Kier molecular flexibility index (Phi) is 9.72. The van der Waals surface area contributed by atoms with E-state index >= 15 is 0 Å². The van der Waals surface area contributed by atoms with Crippen LogP contribution in [-0.4, -0.2) is 92.1 Å². The molecular weight excluding hydrogens is 828 g/mol. The van der Waals surface area contributed by atoms with Gasteiger partial charge in [-0.05, 0) is 0 Å². The summed E-state index contributed by atoms with van der Waals surface area (Å²) in [5, 5.41) is 12.0. The van der Waals surface area contributed by atoms with E-state index in [1.807, 2.05) is 24.3 Å². The number of carbonyl (C=O) groups excluding carboxylic acids is 2. The molecule has 0 aromatic heterocycles. The number of nitrogens with one attached hydrogen (secondary N) is 4. The number of carbonyl (C=O) groups is 2. The predicted octanol–water partition coefficient (Wildman–Crippen LogP) is 0.614. The summed E-state index contributed by atoms with van der Waals surface area (Å²) in [6.45, 7) is 0.322. The average Bonchev–Trinajstić information content (AvgIpc) is 3.70. The summed E-state index contributed by atoms with van der Waals surface area (Å²) in [4.78, 5) is 25.2. The van der Waals surface area contributed by atoms with Crippen LogP contribution in [0, 0.1) is 0 Å². The van der Waals surface area contributed by atoms with Crippen molar-refractivity contribution in [1.29, 1.82) is 0 Å². The minimum absolute atomic E-state index is 0.161. The minimum atomic E-state index is -0.259. The molecule has 0 saturated carbocycles. The molecule has 2 heterocycles. The van der Waals surface area contributed by atoms with Crippen molar-refractivity contribution in [3.8, 4) is 23.0 Å². The zero-order valence-corrected chi connectivity index (χ0v) is 29.4. The molecule has 0 unspecified atom stereocenters. The Labute approximate surface area is 279 Å². The SMILES string of the molecule is O=C(NC(=[Se])Nc1ccc([Se][Se]c2ccc(NC(=[Se])NC(=O)c3ccc4c(c3)OCO4)cc2)cc1)c1ccc2c(c1)OCO2. The first-order valence-corrected chi connectivity index (χ1v) is 20.7. The molecule has 0 spiro atoms. The Morgan fingerprint density at radius 2 is 0.932 bits per heavy atom. The van der Waals surface area contributed by atoms with E-state index in [2.05, 4.69) is 76.7 Å². The Hall–Kier alpha value is -3.56. The average molecular weight is 850 g/mol. The van der Waals surface area contributed by atoms with Crippen molar-refractivity contribution in [3.63, 3.8) is 0 Å². The van der Waals surface area contributed by atoms with Gasteiger partial charge in [-0.1, -0.05) is 0 Å². The van der Waals surface area contributed by atoms with E-state index in [1.165, 1.54) is 8.92 Å². The van der Waals surface area contributed by atoms with Crippen molar-refractivity contribution in [2.24, 2.45) is 0 Å². The summed E-state index contributed by atoms with van der Waals surface area (Å²) in [5.74, 6) is 1.87. The summed E-state index contributed by atoms with van der Waals surface area (Å²) in [6, 6.07) is 26.6. The van der Waals surface area contributed by atoms with Gasteiger partial charge in [-0.15, -0.1) is 0 Å². The fourth-order valence-electron chi connectivity index (χ4n) is 4.03. The predicted molar refractivity (Wildman–Crippen MR) is 172 cm³/mol. The van der Waals surface area contributed by atoms with Crippen LogP contribution in [-0.2, 0) is 0 Å². The molecule has 2 amide bonds. The van der Waals surface area contributed by atoms with Gasteiger partial charge in [-0.25, -0.2) is 0 Å². The Bertz CT molecular complexity index is 1620. The molecule has 2 aliphatic rings. The Morgan fingerprint density at radius 3 is 1.34 bits per heavy atom. The maximum atomic E-state index is 12.6. The quantitative estimate of drug-likeness (QED) is 0.163. The molecule has 4 N–H and O–H groups in total. The van der Waals surface area contributed by atoms with Gasteiger partial charge in [0.15, 0.2) is 0 Å². The first-order valence-electron chi connectivity index (χ1n) is 13.0. The normalized spacial score (nSPS) is 12.3. The van der Waals surface area contributed by atoms with Crippen LogP contribution in [0.2, 0.25) is 0 Å². The third kappa shape index (κ3) is 7.74. The van der Waals surface area contributed by atoms with Crippen LogP contribution in [0.1, 0.15) is 20.7 Å². The van der Waals surface area contributed by atoms with Crippen LogP contribution in [0.4, 0.5) is 11.4 Å². The van der Waals surface area contributed by atoms with Gasteiger partial charge in [0.1, 0.15) is 0 Å². The van der Waals surface area contributed by atoms with Crippen LogP contribution in [0.3, 0.4) is 0 Å². The molecule has 0 radical (unpaired) electrons. The molecule has 4 aromatic carbocycles. The number of hydrogen-bond acceptors (Lipinski definition) is 8. The molecule has 0 saturated heterocycles. The van der Waals surface area contributed by atoms with Crippen molar-refractivity contribution in [3.05, 3.63) is 96.1 Å². The van der Waals surface area contributed by atoms with Crippen LogP contribution >= 0.6 is 0 Å². The van der Waals surface area contributed by atoms with Crippen molar-refractivity contribution < 1.29 is 28.5 Å². The summed E-state index contributed by atoms with van der Waals surface area (Å²) in [6.07, 6.45) is 0. The van der Waals surface area contributed by atoms with E-state index in [0.717, 1.165) is 11.4 Å². The second kappa shape index (κ2) is 14.0. The second-order valence-corrected chi connectivity index (χ2v) is 17.2. The summed E-state index contributed by atoms with van der Waals surface area (Å²) < 4.78 is 24.9. The van der Waals surface area contributed by atoms with E-state index in [-0.39, 0.29) is 25.4 Å². The summed E-state index contributed by atoms with van der Waals surface area (Å²) in [5.41, 5.74) is 2.68. The topological polar surface area (TPSA) is 119 Å². The van der Waals surface area contributed by atoms with Gasteiger partial charge in [-0.2, -0.15) is 0 Å². The van der Waals surface area contributed by atoms with Crippen LogP contribution < -0.4 is 49.1 Å². The van der Waals surface area contributed by atoms with Crippen LogP contribution in [0.25, 0.3) is 0 Å². The van der Waals surface area contributed by atoms with E-state index < -0.39 is 0 Å². The Morgan fingerprint density at radius 1 is 0.545 bits per heavy atom. The van der Waals surface area contributed by atoms with Crippen molar-refractivity contribution in [2.45, 2.75) is 0 Å². The third-order valence-corrected chi connectivity index (χ3v) is 14.3. The number of benzene rings is 4. The molecule has 14 heteroatoms. The second-order valence-electron chi connectivity index (χ2n) is 9.17. The molecular formula is C30H22N4O6Se4. The zero-order valence-electron chi connectivity index (χ0n) is 22.6. The number of rotatable bonds is 11. The fraction of sp³-hybridized carbons (Fsp3) is 0.0667. The first-order chi connectivity index (χ1) is 21.4. The number of amides is 2. The molecule has 0 fully saturated rings. The maximum absolute atomic E-state index is 12.6. The third-order valence-electron chi connectivity index (χ3n) is 6.18. The van der Waals surface area contributed by atoms with Gasteiger partial charge < -0.3 is 0 Å². The zero-order chi connectivity index (χ0) is 30.5. The molecule has 6 rings (SSSR count). The monoisotopic (exact) mass is 854 g/mol. The van der Waals surface area contributed by atoms with E-state index in [4.69, 9.17) is 18.9 Å². The van der Waals surface area contributed by atoms with Gasteiger partial charge in [0, 0.05) is 0 Å².